The summed E-state index contributed by atoms with van der Waals surface area (Å²) in [6, 6.07) is 1.40. The highest BCUT2D eigenvalue weighted by Crippen LogP contribution is 2.04. The van der Waals surface area contributed by atoms with Crippen molar-refractivity contribution < 1.29 is 9.53 Å². The Kier molecular flexibility index (Phi) is 2.56. The van der Waals surface area contributed by atoms with E-state index in [1.807, 2.05) is 0 Å². The van der Waals surface area contributed by atoms with Crippen molar-refractivity contribution in [1.82, 2.24) is 4.98 Å². The second-order valence-electron chi connectivity index (χ2n) is 2.59. The second kappa shape index (κ2) is 3.47. The summed E-state index contributed by atoms with van der Waals surface area (Å²) in [7, 11) is 6.89. The Balaban J connectivity index is 3.28. The van der Waals surface area contributed by atoms with Crippen LogP contribution in [-0.2, 0) is 4.74 Å². The van der Waals surface area contributed by atoms with E-state index in [4.69, 9.17) is 13.6 Å². The molecule has 0 aromatic carbocycles. The molecule has 0 saturated heterocycles. The molecule has 5 heteroatoms. The maximum atomic E-state index is 11.2. The van der Waals surface area contributed by atoms with Gasteiger partial charge < -0.3 is 10.5 Å². The molecule has 0 atom stereocenters. The Morgan fingerprint density at radius 3 is 2.85 bits per heavy atom. The smallest absolute Gasteiger partial charge is 0.337 e. The van der Waals surface area contributed by atoms with Gasteiger partial charge in [0.25, 0.3) is 0 Å². The number of aromatic nitrogens is 1. The van der Waals surface area contributed by atoms with Crippen molar-refractivity contribution in [3.63, 3.8) is 0 Å². The Morgan fingerprint density at radius 1 is 1.69 bits per heavy atom. The summed E-state index contributed by atoms with van der Waals surface area (Å²) in [5.74, 6) is -0.248. The highest BCUT2D eigenvalue weighted by atomic mass is 16.5. The molecule has 4 nitrogen and oxygen atoms in total. The van der Waals surface area contributed by atoms with Crippen molar-refractivity contribution in [1.29, 1.82) is 0 Å². The van der Waals surface area contributed by atoms with Gasteiger partial charge in [0.05, 0.1) is 12.7 Å². The maximum Gasteiger partial charge on any atom is 0.337 e. The third kappa shape index (κ3) is 1.80. The van der Waals surface area contributed by atoms with Gasteiger partial charge in [-0.2, -0.15) is 0 Å². The molecule has 0 aliphatic rings. The van der Waals surface area contributed by atoms with Crippen LogP contribution in [0.5, 0.6) is 0 Å². The third-order valence-electron chi connectivity index (χ3n) is 1.67. The first-order valence-corrected chi connectivity index (χ1v) is 3.67. The molecule has 1 aromatic rings. The highest BCUT2D eigenvalue weighted by molar-refractivity contribution is 6.37. The number of anilines is 1. The number of hydrogen-bond donors (Lipinski definition) is 1. The zero-order valence-electron chi connectivity index (χ0n) is 7.50. The number of methoxy groups -OCH3 is 1. The molecule has 0 spiro atoms. The van der Waals surface area contributed by atoms with E-state index in [0.717, 1.165) is 0 Å². The number of carbonyl (C=O) groups excluding carboxylic acids is 1. The molecule has 0 fully saturated rings. The van der Waals surface area contributed by atoms with E-state index in [1.54, 1.807) is 6.92 Å². The van der Waals surface area contributed by atoms with Gasteiger partial charge in [-0.1, -0.05) is 5.46 Å². The summed E-state index contributed by atoms with van der Waals surface area (Å²) in [6.07, 6.45) is 0. The van der Waals surface area contributed by atoms with E-state index in [0.29, 0.717) is 11.2 Å². The van der Waals surface area contributed by atoms with Crippen LogP contribution in [0.4, 0.5) is 5.82 Å². The zero-order valence-corrected chi connectivity index (χ0v) is 7.50. The molecular formula is C8H9BN2O2. The molecular weight excluding hydrogens is 167 g/mol. The number of rotatable bonds is 1. The molecule has 0 bridgehead atoms. The first kappa shape index (κ1) is 9.57. The SMILES string of the molecule is [B]c1c(C(=O)OC)cc(N)nc1C. The summed E-state index contributed by atoms with van der Waals surface area (Å²) >= 11 is 0. The van der Waals surface area contributed by atoms with Gasteiger partial charge in [0, 0.05) is 5.69 Å². The number of nitrogens with zero attached hydrogens (tertiary/aromatic N) is 1. The predicted molar refractivity (Wildman–Crippen MR) is 50.1 cm³/mol. The molecule has 2 radical (unpaired) electrons. The lowest BCUT2D eigenvalue weighted by molar-refractivity contribution is 0.0602. The quantitative estimate of drug-likeness (QED) is 0.465. The van der Waals surface area contributed by atoms with E-state index in [2.05, 4.69) is 9.72 Å². The van der Waals surface area contributed by atoms with Crippen LogP contribution in [0.15, 0.2) is 6.07 Å². The van der Waals surface area contributed by atoms with Crippen molar-refractivity contribution >= 4 is 25.1 Å². The Morgan fingerprint density at radius 2 is 2.31 bits per heavy atom. The van der Waals surface area contributed by atoms with Gasteiger partial charge in [-0.15, -0.1) is 0 Å². The summed E-state index contributed by atoms with van der Waals surface area (Å²) < 4.78 is 4.52. The topological polar surface area (TPSA) is 65.2 Å². The molecule has 1 rings (SSSR count). The second-order valence-corrected chi connectivity index (χ2v) is 2.59. The summed E-state index contributed by atoms with van der Waals surface area (Å²) in [4.78, 5) is 15.0. The minimum Gasteiger partial charge on any atom is -0.465 e. The summed E-state index contributed by atoms with van der Waals surface area (Å²) in [5, 5.41) is 0. The van der Waals surface area contributed by atoms with Gasteiger partial charge in [0.1, 0.15) is 13.7 Å². The first-order chi connectivity index (χ1) is 6.06. The molecule has 66 valence electrons. The lowest BCUT2D eigenvalue weighted by Crippen LogP contribution is -2.22. The van der Waals surface area contributed by atoms with Crippen LogP contribution in [0.1, 0.15) is 16.1 Å². The minimum absolute atomic E-state index is 0.257. The Labute approximate surface area is 77.5 Å². The van der Waals surface area contributed by atoms with E-state index in [-0.39, 0.29) is 11.4 Å². The Bertz CT molecular complexity index is 352. The fraction of sp³-hybridized carbons (Fsp3) is 0.250. The van der Waals surface area contributed by atoms with Gasteiger partial charge in [-0.25, -0.2) is 9.78 Å². The molecule has 0 unspecified atom stereocenters. The van der Waals surface area contributed by atoms with Crippen LogP contribution in [0.25, 0.3) is 0 Å². The van der Waals surface area contributed by atoms with E-state index in [9.17, 15) is 4.79 Å². The third-order valence-corrected chi connectivity index (χ3v) is 1.67. The van der Waals surface area contributed by atoms with Crippen LogP contribution in [0, 0.1) is 6.92 Å². The van der Waals surface area contributed by atoms with Crippen LogP contribution in [-0.4, -0.2) is 25.9 Å². The Hall–Kier alpha value is -1.52. The van der Waals surface area contributed by atoms with E-state index >= 15 is 0 Å². The predicted octanol–water partition coefficient (Wildman–Crippen LogP) is -0.447. The molecule has 0 amide bonds. The van der Waals surface area contributed by atoms with Crippen molar-refractivity contribution in [3.8, 4) is 0 Å². The number of pyridine rings is 1. The molecule has 1 aromatic heterocycles. The van der Waals surface area contributed by atoms with Crippen molar-refractivity contribution in [2.75, 3.05) is 12.8 Å². The van der Waals surface area contributed by atoms with Gasteiger partial charge in [0.15, 0.2) is 0 Å². The molecule has 0 aliphatic carbocycles. The maximum absolute atomic E-state index is 11.2. The average Bonchev–Trinajstić information content (AvgIpc) is 2.10. The average molecular weight is 176 g/mol. The lowest BCUT2D eigenvalue weighted by atomic mass is 9.89. The van der Waals surface area contributed by atoms with Crippen LogP contribution >= 0.6 is 0 Å². The molecule has 0 saturated carbocycles. The monoisotopic (exact) mass is 176 g/mol. The number of esters is 1. The van der Waals surface area contributed by atoms with Gasteiger partial charge in [-0.05, 0) is 13.0 Å². The molecule has 13 heavy (non-hydrogen) atoms. The van der Waals surface area contributed by atoms with Crippen molar-refractivity contribution in [3.05, 3.63) is 17.3 Å². The molecule has 2 N–H and O–H groups in total. The summed E-state index contributed by atoms with van der Waals surface area (Å²) in [5.41, 5.74) is 6.54. The number of nitrogens with two attached hydrogens (primary N) is 1. The standard InChI is InChI=1S/C8H9BN2O2/c1-4-7(9)5(8(12)13-2)3-6(10)11-4/h3H,1-2H3,(H2,10,11). The summed E-state index contributed by atoms with van der Waals surface area (Å²) in [6.45, 7) is 1.68. The van der Waals surface area contributed by atoms with Crippen LogP contribution in [0.2, 0.25) is 0 Å². The van der Waals surface area contributed by atoms with Crippen molar-refractivity contribution in [2.24, 2.45) is 0 Å². The molecule has 1 heterocycles. The van der Waals surface area contributed by atoms with E-state index in [1.165, 1.54) is 13.2 Å². The van der Waals surface area contributed by atoms with Crippen LogP contribution in [0.3, 0.4) is 0 Å². The molecule has 0 aliphatic heterocycles. The number of ether oxygens (including phenoxy) is 1. The number of nitrogen functional groups attached to an aromatic ring is 1. The fourth-order valence-electron chi connectivity index (χ4n) is 0.986. The highest BCUT2D eigenvalue weighted by Gasteiger charge is 2.11. The number of carbonyl (C=O) groups is 1. The van der Waals surface area contributed by atoms with Crippen molar-refractivity contribution in [2.45, 2.75) is 6.92 Å². The number of hydrogen-bond acceptors (Lipinski definition) is 4. The minimum atomic E-state index is -0.505. The number of aryl methyl sites for hydroxylation is 1. The van der Waals surface area contributed by atoms with Gasteiger partial charge in [-0.3, -0.25) is 0 Å². The van der Waals surface area contributed by atoms with Gasteiger partial charge in [0.2, 0.25) is 0 Å². The fourth-order valence-corrected chi connectivity index (χ4v) is 0.986. The normalized spacial score (nSPS) is 9.69. The van der Waals surface area contributed by atoms with Gasteiger partial charge >= 0.3 is 5.97 Å². The largest absolute Gasteiger partial charge is 0.465 e. The first-order valence-electron chi connectivity index (χ1n) is 3.67. The lowest BCUT2D eigenvalue weighted by Gasteiger charge is -2.07. The van der Waals surface area contributed by atoms with E-state index < -0.39 is 5.97 Å². The van der Waals surface area contributed by atoms with Crippen LogP contribution < -0.4 is 11.2 Å². The zero-order chi connectivity index (χ0) is 10.0.